The highest BCUT2D eigenvalue weighted by Crippen LogP contribution is 2.16. The lowest BCUT2D eigenvalue weighted by atomic mass is 10.1. The zero-order chi connectivity index (χ0) is 15.4. The molecule has 22 heavy (non-hydrogen) atoms. The highest BCUT2D eigenvalue weighted by atomic mass is 16.2. The van der Waals surface area contributed by atoms with Crippen molar-refractivity contribution in [3.05, 3.63) is 48.2 Å². The molecule has 1 amide bonds. The van der Waals surface area contributed by atoms with Gasteiger partial charge in [-0.1, -0.05) is 30.3 Å². The van der Waals surface area contributed by atoms with E-state index in [0.717, 1.165) is 25.1 Å². The number of amides is 1. The number of carbonyl (C=O) groups is 1. The number of hydrogen-bond donors (Lipinski definition) is 3. The third kappa shape index (κ3) is 3.52. The van der Waals surface area contributed by atoms with Gasteiger partial charge in [0.25, 0.3) is 0 Å². The summed E-state index contributed by atoms with van der Waals surface area (Å²) in [5.41, 5.74) is 7.02. The number of aromatic nitrogens is 2. The largest absolute Gasteiger partial charge is 0.320 e. The number of nitrogens with two attached hydrogens (primary N) is 1. The summed E-state index contributed by atoms with van der Waals surface area (Å²) in [4.78, 5) is 12.1. The Morgan fingerprint density at radius 3 is 2.95 bits per heavy atom. The number of nitrogens with one attached hydrogen (secondary N) is 2. The van der Waals surface area contributed by atoms with E-state index in [2.05, 4.69) is 15.7 Å². The Balaban J connectivity index is 1.57. The van der Waals surface area contributed by atoms with Crippen molar-refractivity contribution in [2.24, 2.45) is 5.73 Å². The summed E-state index contributed by atoms with van der Waals surface area (Å²) in [6, 6.07) is 11.4. The van der Waals surface area contributed by atoms with Crippen LogP contribution in [-0.4, -0.2) is 34.8 Å². The fourth-order valence-electron chi connectivity index (χ4n) is 2.65. The molecule has 6 heteroatoms. The Labute approximate surface area is 129 Å². The van der Waals surface area contributed by atoms with Gasteiger partial charge in [-0.25, -0.2) is 0 Å². The summed E-state index contributed by atoms with van der Waals surface area (Å²) in [5.74, 6) is 0.346. The van der Waals surface area contributed by atoms with Crippen molar-refractivity contribution < 1.29 is 4.79 Å². The Morgan fingerprint density at radius 1 is 1.41 bits per heavy atom. The third-order valence-corrected chi connectivity index (χ3v) is 3.90. The molecule has 4 N–H and O–H groups in total. The van der Waals surface area contributed by atoms with Gasteiger partial charge < -0.3 is 16.4 Å². The summed E-state index contributed by atoms with van der Waals surface area (Å²) in [6.45, 7) is 1.93. The van der Waals surface area contributed by atoms with Crippen LogP contribution in [0.1, 0.15) is 18.0 Å². The van der Waals surface area contributed by atoms with Gasteiger partial charge in [0.15, 0.2) is 5.82 Å². The Hall–Kier alpha value is -2.18. The summed E-state index contributed by atoms with van der Waals surface area (Å²) in [7, 11) is 0. The molecular weight excluding hydrogens is 278 g/mol. The van der Waals surface area contributed by atoms with Crippen LogP contribution in [0.25, 0.3) is 0 Å². The minimum absolute atomic E-state index is 0.210. The van der Waals surface area contributed by atoms with E-state index in [9.17, 15) is 4.79 Å². The second-order valence-corrected chi connectivity index (χ2v) is 5.61. The first-order valence-corrected chi connectivity index (χ1v) is 7.58. The molecule has 1 aromatic carbocycles. The zero-order valence-electron chi connectivity index (χ0n) is 12.4. The first-order valence-electron chi connectivity index (χ1n) is 7.58. The topological polar surface area (TPSA) is 85.0 Å². The second-order valence-electron chi connectivity index (χ2n) is 5.61. The van der Waals surface area contributed by atoms with Crippen molar-refractivity contribution in [1.29, 1.82) is 0 Å². The van der Waals surface area contributed by atoms with Crippen molar-refractivity contribution >= 4 is 11.7 Å². The molecule has 0 spiro atoms. The summed E-state index contributed by atoms with van der Waals surface area (Å²) in [5, 5.41) is 10.5. The lowest BCUT2D eigenvalue weighted by Gasteiger charge is -2.11. The van der Waals surface area contributed by atoms with E-state index in [0.29, 0.717) is 18.3 Å². The molecule has 0 bridgehead atoms. The quantitative estimate of drug-likeness (QED) is 0.766. The Morgan fingerprint density at radius 2 is 2.23 bits per heavy atom. The molecule has 2 heterocycles. The molecule has 1 aromatic heterocycles. The maximum atomic E-state index is 12.1. The van der Waals surface area contributed by atoms with E-state index in [1.54, 1.807) is 0 Å². The van der Waals surface area contributed by atoms with E-state index in [-0.39, 0.29) is 5.91 Å². The molecule has 1 saturated heterocycles. The number of hydrogen-bond acceptors (Lipinski definition) is 4. The molecule has 3 rings (SSSR count). The highest BCUT2D eigenvalue weighted by Gasteiger charge is 2.19. The van der Waals surface area contributed by atoms with Crippen molar-refractivity contribution in [2.45, 2.75) is 24.9 Å². The van der Waals surface area contributed by atoms with E-state index in [1.807, 2.05) is 47.3 Å². The second kappa shape index (κ2) is 6.72. The number of nitrogens with zero attached hydrogens (tertiary/aromatic N) is 2. The Bertz CT molecular complexity index is 618. The van der Waals surface area contributed by atoms with Gasteiger partial charge in [0.1, 0.15) is 0 Å². The van der Waals surface area contributed by atoms with Crippen LogP contribution in [0, 0.1) is 0 Å². The Kier molecular flexibility index (Phi) is 4.50. The first kappa shape index (κ1) is 14.7. The van der Waals surface area contributed by atoms with Gasteiger partial charge in [0.2, 0.25) is 5.91 Å². The van der Waals surface area contributed by atoms with Crippen LogP contribution in [0.3, 0.4) is 0 Å². The maximum absolute atomic E-state index is 12.1. The molecule has 2 atom stereocenters. The average Bonchev–Trinajstić information content (AvgIpc) is 3.19. The molecule has 116 valence electrons. The van der Waals surface area contributed by atoms with Crippen molar-refractivity contribution in [3.8, 4) is 0 Å². The van der Waals surface area contributed by atoms with Gasteiger partial charge in [-0.15, -0.1) is 0 Å². The van der Waals surface area contributed by atoms with E-state index >= 15 is 0 Å². The molecule has 0 radical (unpaired) electrons. The minimum atomic E-state index is -0.583. The first-order chi connectivity index (χ1) is 10.7. The number of rotatable bonds is 5. The fraction of sp³-hybridized carbons (Fsp3) is 0.375. The van der Waals surface area contributed by atoms with Crippen molar-refractivity contribution in [1.82, 2.24) is 15.1 Å². The molecule has 1 aliphatic heterocycles. The van der Waals surface area contributed by atoms with Gasteiger partial charge in [-0.05, 0) is 24.9 Å². The minimum Gasteiger partial charge on any atom is -0.320 e. The highest BCUT2D eigenvalue weighted by molar-refractivity contribution is 5.94. The zero-order valence-corrected chi connectivity index (χ0v) is 12.4. The third-order valence-electron chi connectivity index (χ3n) is 3.90. The molecule has 0 aliphatic carbocycles. The lowest BCUT2D eigenvalue weighted by molar-refractivity contribution is -0.117. The molecule has 2 aromatic rings. The summed E-state index contributed by atoms with van der Waals surface area (Å²) < 4.78 is 1.90. The lowest BCUT2D eigenvalue weighted by Crippen LogP contribution is -2.37. The smallest absolute Gasteiger partial charge is 0.242 e. The van der Waals surface area contributed by atoms with Crippen LogP contribution < -0.4 is 16.4 Å². The molecule has 6 nitrogen and oxygen atoms in total. The average molecular weight is 299 g/mol. The molecule has 2 unspecified atom stereocenters. The molecule has 0 saturated carbocycles. The number of benzene rings is 1. The van der Waals surface area contributed by atoms with Crippen LogP contribution >= 0.6 is 0 Å². The molecule has 1 aliphatic rings. The summed E-state index contributed by atoms with van der Waals surface area (Å²) in [6.07, 6.45) is 3.47. The predicted octanol–water partition coefficient (Wildman–Crippen LogP) is 0.926. The van der Waals surface area contributed by atoms with Gasteiger partial charge >= 0.3 is 0 Å². The molecular formula is C16H21N5O. The summed E-state index contributed by atoms with van der Waals surface area (Å²) >= 11 is 0. The van der Waals surface area contributed by atoms with Crippen molar-refractivity contribution in [2.75, 3.05) is 18.4 Å². The van der Waals surface area contributed by atoms with Gasteiger partial charge in [0, 0.05) is 18.8 Å². The normalized spacial score (nSPS) is 19.0. The molecule has 1 fully saturated rings. The van der Waals surface area contributed by atoms with Crippen LogP contribution in [0.15, 0.2) is 42.6 Å². The van der Waals surface area contributed by atoms with E-state index in [4.69, 9.17) is 5.73 Å². The van der Waals surface area contributed by atoms with Crippen LogP contribution in [0.4, 0.5) is 5.82 Å². The standard InChI is InChI=1S/C16H21N5O/c17-14(10-12-4-2-1-3-5-12)16(22)19-15-7-9-21(20-15)13-6-8-18-11-13/h1-5,7,9,13-14,18H,6,8,10-11,17H2,(H,19,20,22). The predicted molar refractivity (Wildman–Crippen MR) is 85.5 cm³/mol. The van der Waals surface area contributed by atoms with Crippen molar-refractivity contribution in [3.63, 3.8) is 0 Å². The fourth-order valence-corrected chi connectivity index (χ4v) is 2.65. The van der Waals surface area contributed by atoms with Gasteiger partial charge in [-0.2, -0.15) is 5.10 Å². The van der Waals surface area contributed by atoms with Crippen LogP contribution in [0.5, 0.6) is 0 Å². The van der Waals surface area contributed by atoms with Crippen LogP contribution in [-0.2, 0) is 11.2 Å². The van der Waals surface area contributed by atoms with Crippen LogP contribution in [0.2, 0.25) is 0 Å². The SMILES string of the molecule is NC(Cc1ccccc1)C(=O)Nc1ccn(C2CCNC2)n1. The monoisotopic (exact) mass is 299 g/mol. The van der Waals surface area contributed by atoms with Gasteiger partial charge in [-0.3, -0.25) is 9.48 Å². The maximum Gasteiger partial charge on any atom is 0.242 e. The van der Waals surface area contributed by atoms with E-state index in [1.165, 1.54) is 0 Å². The number of anilines is 1. The van der Waals surface area contributed by atoms with Gasteiger partial charge in [0.05, 0.1) is 12.1 Å². The van der Waals surface area contributed by atoms with E-state index < -0.39 is 6.04 Å². The number of carbonyl (C=O) groups excluding carboxylic acids is 1.